The molecule has 0 N–H and O–H groups in total. The molecule has 2 aromatic carbocycles. The maximum atomic E-state index is 13.5. The van der Waals surface area contributed by atoms with Gasteiger partial charge in [-0.15, -0.1) is 11.3 Å². The first-order valence-electron chi connectivity index (χ1n) is 9.47. The second kappa shape index (κ2) is 7.74. The number of rotatable bonds is 3. The summed E-state index contributed by atoms with van der Waals surface area (Å²) in [5, 5.41) is 2.09. The third-order valence-electron chi connectivity index (χ3n) is 5.47. The lowest BCUT2D eigenvalue weighted by Crippen LogP contribution is -2.37. The monoisotopic (exact) mass is 528 g/mol. The van der Waals surface area contributed by atoms with Crippen LogP contribution in [-0.4, -0.2) is 21.9 Å². The van der Waals surface area contributed by atoms with Crippen LogP contribution in [0.25, 0.3) is 10.2 Å². The molecule has 3 nitrogen and oxygen atoms in total. The lowest BCUT2D eigenvalue weighted by atomic mass is 10.00. The van der Waals surface area contributed by atoms with Crippen LogP contribution in [0.4, 0.5) is 0 Å². The largest absolute Gasteiger partial charge is 0.333 e. The van der Waals surface area contributed by atoms with Crippen molar-refractivity contribution >= 4 is 59.3 Å². The number of fused-ring (bicyclic) bond motifs is 2. The van der Waals surface area contributed by atoms with Gasteiger partial charge in [0.1, 0.15) is 5.69 Å². The number of hydrogen-bond acceptors (Lipinski definition) is 2. The van der Waals surface area contributed by atoms with E-state index < -0.39 is 0 Å². The van der Waals surface area contributed by atoms with Crippen LogP contribution in [0.1, 0.15) is 27.2 Å². The Kier molecular flexibility index (Phi) is 5.10. The van der Waals surface area contributed by atoms with E-state index in [1.165, 1.54) is 16.7 Å². The predicted molar refractivity (Wildman–Crippen MR) is 126 cm³/mol. The first kappa shape index (κ1) is 19.1. The van der Waals surface area contributed by atoms with Crippen LogP contribution in [-0.2, 0) is 19.5 Å². The molecule has 29 heavy (non-hydrogen) atoms. The second-order valence-electron chi connectivity index (χ2n) is 7.28. The molecular formula is C23H18Br2N2OS. The summed E-state index contributed by atoms with van der Waals surface area (Å²) in [4.78, 5) is 15.5. The molecule has 1 amide bonds. The molecule has 0 saturated carbocycles. The molecule has 1 aliphatic rings. The predicted octanol–water partition coefficient (Wildman–Crippen LogP) is 6.47. The van der Waals surface area contributed by atoms with Gasteiger partial charge >= 0.3 is 0 Å². The van der Waals surface area contributed by atoms with E-state index in [2.05, 4.69) is 78.2 Å². The summed E-state index contributed by atoms with van der Waals surface area (Å²) in [6, 6.07) is 18.8. The molecule has 146 valence electrons. The maximum Gasteiger partial charge on any atom is 0.270 e. The van der Waals surface area contributed by atoms with E-state index in [0.717, 1.165) is 37.8 Å². The van der Waals surface area contributed by atoms with Gasteiger partial charge in [-0.1, -0.05) is 52.3 Å². The molecule has 2 aromatic heterocycles. The van der Waals surface area contributed by atoms with E-state index in [1.54, 1.807) is 11.3 Å². The lowest BCUT2D eigenvalue weighted by Gasteiger charge is -2.29. The Labute approximate surface area is 190 Å². The molecule has 0 unspecified atom stereocenters. The molecule has 0 spiro atoms. The Morgan fingerprint density at radius 3 is 2.59 bits per heavy atom. The summed E-state index contributed by atoms with van der Waals surface area (Å²) in [6.45, 7) is 2.10. The van der Waals surface area contributed by atoms with Gasteiger partial charge in [0.15, 0.2) is 0 Å². The van der Waals surface area contributed by atoms with Crippen molar-refractivity contribution in [3.05, 3.63) is 91.3 Å². The van der Waals surface area contributed by atoms with E-state index in [1.807, 2.05) is 23.1 Å². The van der Waals surface area contributed by atoms with Gasteiger partial charge in [-0.25, -0.2) is 0 Å². The highest BCUT2D eigenvalue weighted by Crippen LogP contribution is 2.35. The van der Waals surface area contributed by atoms with Crippen molar-refractivity contribution in [1.29, 1.82) is 0 Å². The average molecular weight is 530 g/mol. The summed E-state index contributed by atoms with van der Waals surface area (Å²) in [6.07, 6.45) is 0.910. The van der Waals surface area contributed by atoms with Crippen molar-refractivity contribution in [2.45, 2.75) is 19.5 Å². The van der Waals surface area contributed by atoms with Gasteiger partial charge in [-0.3, -0.25) is 4.79 Å². The number of nitrogens with zero attached hydrogens (tertiary/aromatic N) is 2. The van der Waals surface area contributed by atoms with Crippen molar-refractivity contribution in [2.75, 3.05) is 6.54 Å². The smallest absolute Gasteiger partial charge is 0.270 e. The van der Waals surface area contributed by atoms with Crippen LogP contribution < -0.4 is 0 Å². The highest BCUT2D eigenvalue weighted by atomic mass is 79.9. The quantitative estimate of drug-likeness (QED) is 0.298. The van der Waals surface area contributed by atoms with Crippen molar-refractivity contribution in [3.63, 3.8) is 0 Å². The fraction of sp³-hybridized carbons (Fsp3) is 0.174. The van der Waals surface area contributed by atoms with Crippen molar-refractivity contribution < 1.29 is 4.79 Å². The molecule has 1 aliphatic heterocycles. The van der Waals surface area contributed by atoms with Crippen LogP contribution in [0.3, 0.4) is 0 Å². The number of thiophene rings is 1. The molecule has 4 aromatic rings. The molecule has 0 aliphatic carbocycles. The highest BCUT2D eigenvalue weighted by molar-refractivity contribution is 9.11. The number of carbonyl (C=O) groups excluding carboxylic acids is 1. The van der Waals surface area contributed by atoms with E-state index in [9.17, 15) is 4.79 Å². The molecule has 6 heteroatoms. The standard InChI is InChI=1S/C23H18Br2N2OS/c24-18-7-5-15(6-8-18)12-27-20(11-21-22(27)19(25)14-29-21)23(28)26-10-9-16-3-1-2-4-17(16)13-26/h1-8,11,14H,9-10,12-13H2. The minimum absolute atomic E-state index is 0.104. The number of aromatic nitrogens is 1. The normalized spacial score (nSPS) is 13.7. The molecule has 0 fully saturated rings. The SMILES string of the molecule is O=C(c1cc2scc(Br)c2n1Cc1ccc(Br)cc1)N1CCc2ccccc2C1. The van der Waals surface area contributed by atoms with Crippen molar-refractivity contribution in [3.8, 4) is 0 Å². The third kappa shape index (κ3) is 3.58. The minimum atomic E-state index is 0.104. The van der Waals surface area contributed by atoms with Gasteiger partial charge < -0.3 is 9.47 Å². The van der Waals surface area contributed by atoms with Gasteiger partial charge in [0.25, 0.3) is 5.91 Å². The molecule has 0 atom stereocenters. The van der Waals surface area contributed by atoms with E-state index in [0.29, 0.717) is 13.1 Å². The van der Waals surface area contributed by atoms with Gasteiger partial charge in [-0.2, -0.15) is 0 Å². The van der Waals surface area contributed by atoms with Gasteiger partial charge in [0, 0.05) is 29.5 Å². The molecule has 5 rings (SSSR count). The first-order chi connectivity index (χ1) is 14.1. The fourth-order valence-corrected chi connectivity index (χ4v) is 5.93. The highest BCUT2D eigenvalue weighted by Gasteiger charge is 2.26. The molecule has 0 bridgehead atoms. The van der Waals surface area contributed by atoms with E-state index in [4.69, 9.17) is 0 Å². The summed E-state index contributed by atoms with van der Waals surface area (Å²) in [7, 11) is 0. The van der Waals surface area contributed by atoms with Crippen LogP contribution in [0.15, 0.2) is 68.9 Å². The van der Waals surface area contributed by atoms with Crippen molar-refractivity contribution in [1.82, 2.24) is 9.47 Å². The summed E-state index contributed by atoms with van der Waals surface area (Å²) in [5.41, 5.74) is 5.63. The fourth-order valence-electron chi connectivity index (χ4n) is 3.98. The van der Waals surface area contributed by atoms with Crippen LogP contribution >= 0.6 is 43.2 Å². The van der Waals surface area contributed by atoms with Crippen LogP contribution in [0.5, 0.6) is 0 Å². The minimum Gasteiger partial charge on any atom is -0.333 e. The van der Waals surface area contributed by atoms with Crippen LogP contribution in [0, 0.1) is 0 Å². The van der Waals surface area contributed by atoms with E-state index in [-0.39, 0.29) is 5.91 Å². The Balaban J connectivity index is 1.53. The Hall–Kier alpha value is -1.89. The zero-order chi connectivity index (χ0) is 20.0. The average Bonchev–Trinajstić information content (AvgIpc) is 3.29. The van der Waals surface area contributed by atoms with Gasteiger partial charge in [-0.05, 0) is 57.2 Å². The Morgan fingerprint density at radius 1 is 1.03 bits per heavy atom. The van der Waals surface area contributed by atoms with E-state index >= 15 is 0 Å². The zero-order valence-electron chi connectivity index (χ0n) is 15.6. The number of amides is 1. The summed E-state index contributed by atoms with van der Waals surface area (Å²) in [5.74, 6) is 0.104. The Bertz CT molecular complexity index is 1210. The van der Waals surface area contributed by atoms with Crippen molar-refractivity contribution in [2.24, 2.45) is 0 Å². The van der Waals surface area contributed by atoms with Gasteiger partial charge in [0.05, 0.1) is 14.7 Å². The second-order valence-corrected chi connectivity index (χ2v) is 9.97. The number of benzene rings is 2. The number of hydrogen-bond donors (Lipinski definition) is 0. The van der Waals surface area contributed by atoms with Gasteiger partial charge in [0.2, 0.25) is 0 Å². The first-order valence-corrected chi connectivity index (χ1v) is 11.9. The number of halogens is 2. The molecular weight excluding hydrogens is 512 g/mol. The molecule has 3 heterocycles. The molecule has 0 saturated heterocycles. The maximum absolute atomic E-state index is 13.5. The topological polar surface area (TPSA) is 25.2 Å². The lowest BCUT2D eigenvalue weighted by molar-refractivity contribution is 0.0724. The third-order valence-corrected chi connectivity index (χ3v) is 7.82. The van der Waals surface area contributed by atoms with Crippen LogP contribution in [0.2, 0.25) is 0 Å². The summed E-state index contributed by atoms with van der Waals surface area (Å²) >= 11 is 8.85. The Morgan fingerprint density at radius 2 is 1.79 bits per heavy atom. The molecule has 0 radical (unpaired) electrons. The zero-order valence-corrected chi connectivity index (χ0v) is 19.6. The summed E-state index contributed by atoms with van der Waals surface area (Å²) < 4.78 is 5.38. The number of carbonyl (C=O) groups is 1.